The van der Waals surface area contributed by atoms with Gasteiger partial charge in [0.15, 0.2) is 40.8 Å². The third-order valence-corrected chi connectivity index (χ3v) is 20.6. The summed E-state index contributed by atoms with van der Waals surface area (Å²) in [7, 11) is 3.31. The molecule has 0 amide bonds. The van der Waals surface area contributed by atoms with E-state index in [-0.39, 0.29) is 11.6 Å². The highest BCUT2D eigenvalue weighted by molar-refractivity contribution is 6.33. The lowest BCUT2D eigenvalue weighted by molar-refractivity contribution is 0.411. The molecule has 10 aromatic heterocycles. The van der Waals surface area contributed by atoms with Gasteiger partial charge in [-0.05, 0) is 293 Å². The van der Waals surface area contributed by atoms with E-state index >= 15 is 0 Å². The quantitative estimate of drug-likeness (QED) is 0.119. The van der Waals surface area contributed by atoms with E-state index in [1.165, 1.54) is 56.1 Å². The molecule has 0 spiro atoms. The van der Waals surface area contributed by atoms with Gasteiger partial charge in [0.2, 0.25) is 0 Å². The molecule has 0 bridgehead atoms. The van der Waals surface area contributed by atoms with E-state index in [0.29, 0.717) is 39.4 Å². The van der Waals surface area contributed by atoms with Gasteiger partial charge in [0.05, 0.1) is 41.7 Å². The van der Waals surface area contributed by atoms with Crippen LogP contribution in [-0.2, 0) is 0 Å². The van der Waals surface area contributed by atoms with Crippen LogP contribution in [0.4, 0.5) is 4.39 Å². The SMILES string of the molecule is COc1ccc(C)cc1-c1ncccn1.COc1ccc(C)cc1-n1cccn1.Cc1cc(-c2ncccn2)ccc1F.Cc1ccc(-n2cccn2)cc1C.Cc1ccc(C)c(-c2ncccn2)c1.Cc1ccc(Cl)c(-c2ncccn2)c1.Cc1ccc(O)c(-c2ncccn2)c1.Cc1cccc(-c2nccc(C)n2)c1.Cc1cccc(-c2ncccn2)c1.Cc1cccc(-n2cccn2)c1. The van der Waals surface area contributed by atoms with Gasteiger partial charge in [-0.15, -0.1) is 0 Å². The number of benzene rings is 10. The van der Waals surface area contributed by atoms with Gasteiger partial charge >= 0.3 is 0 Å². The van der Waals surface area contributed by atoms with Crippen molar-refractivity contribution in [3.8, 4) is 114 Å². The molecular weight excluding hydrogens is 1730 g/mol. The second-order valence-electron chi connectivity index (χ2n) is 31.3. The maximum absolute atomic E-state index is 13.0. The zero-order valence-corrected chi connectivity index (χ0v) is 80.0. The van der Waals surface area contributed by atoms with E-state index < -0.39 is 0 Å². The van der Waals surface area contributed by atoms with Crippen molar-refractivity contribution in [2.75, 3.05) is 14.2 Å². The Morgan fingerprint density at radius 1 is 0.263 bits per heavy atom. The molecule has 0 radical (unpaired) electrons. The van der Waals surface area contributed by atoms with E-state index in [0.717, 1.165) is 96.2 Å². The summed E-state index contributed by atoms with van der Waals surface area (Å²) in [5.41, 5.74) is 24.7. The minimum Gasteiger partial charge on any atom is -0.507 e. The summed E-state index contributed by atoms with van der Waals surface area (Å²) in [5.74, 6) is 6.55. The van der Waals surface area contributed by atoms with Gasteiger partial charge in [-0.25, -0.2) is 88.2 Å². The highest BCUT2D eigenvalue weighted by Gasteiger charge is 2.13. The fourth-order valence-corrected chi connectivity index (χ4v) is 13.3. The monoisotopic (exact) mass is 1830 g/mol. The van der Waals surface area contributed by atoms with Crippen molar-refractivity contribution in [2.24, 2.45) is 0 Å². The standard InChI is InChI=1S/C12H12N2O.2C12H12N2.C11H9ClN2.C11H9FN2.C11H12N2O.C11H10N2O.C11H12N2.C11H10N2.C10H10N2/c1-9-4-5-11(15-2)10(8-9)12-13-6-3-7-14-12;1-9-4-5-10(2)11(8-9)12-13-6-3-7-14-12;1-9-4-3-5-11(8-9)12-13-7-6-10(2)14-12;1-8-3-4-10(12)9(7-8)11-13-5-2-6-14-11;1-8-7-9(3-4-10(8)12)11-13-5-2-6-14-11;1-9-4-5-11(14-2)10(8-9)13-7-3-6-12-13;1-8-3-4-10(14)9(7-8)11-12-5-2-6-13-11;1-9-4-5-11(8-10(9)2)13-7-3-6-12-13;1-9-4-2-5-10(8-9)11-12-6-3-7-13-11;1-9-4-2-5-10(8-9)12-7-3-6-11-12/h3-8H,1-2H3;2*3-8H,1-2H3;2*2-7H,1H3;3-8H,1-2H3;2-7,14H,1H3;3-8H,1-2H3;2-8H,1H3;2-8H,1H3. The largest absolute Gasteiger partial charge is 0.507 e. The molecule has 10 aromatic carbocycles. The normalized spacial score (nSPS) is 10.1. The number of aromatic nitrogens is 20. The lowest BCUT2D eigenvalue weighted by Crippen LogP contribution is -1.98. The van der Waals surface area contributed by atoms with Crippen LogP contribution < -0.4 is 9.47 Å². The molecule has 0 atom stereocenters. The zero-order valence-electron chi connectivity index (χ0n) is 79.3. The molecule has 0 aliphatic carbocycles. The molecule has 23 nitrogen and oxygen atoms in total. The lowest BCUT2D eigenvalue weighted by Gasteiger charge is -2.08. The van der Waals surface area contributed by atoms with Crippen molar-refractivity contribution in [3.63, 3.8) is 0 Å². The average molecular weight is 1840 g/mol. The number of phenolic OH excluding ortho intramolecular Hbond substituents is 1. The molecule has 20 aromatic rings. The van der Waals surface area contributed by atoms with Gasteiger partial charge in [-0.2, -0.15) is 15.3 Å². The number of ether oxygens (including phenoxy) is 2. The fraction of sp³-hybridized carbons (Fsp3) is 0.134. The summed E-state index contributed by atoms with van der Waals surface area (Å²) < 4.78 is 29.0. The Balaban J connectivity index is 0.000000146. The molecule has 0 aliphatic heterocycles. The number of hydrogen-bond acceptors (Lipinski definition) is 20. The van der Waals surface area contributed by atoms with Crippen molar-refractivity contribution in [1.82, 2.24) is 99.1 Å². The Kier molecular flexibility index (Phi) is 38.4. The predicted molar refractivity (Wildman–Crippen MR) is 544 cm³/mol. The van der Waals surface area contributed by atoms with E-state index in [2.05, 4.69) is 206 Å². The third-order valence-electron chi connectivity index (χ3n) is 20.3. The molecule has 0 unspecified atom stereocenters. The Bertz CT molecular complexity index is 6810. The second kappa shape index (κ2) is 52.3. The minimum absolute atomic E-state index is 0.204. The Labute approximate surface area is 804 Å². The smallest absolute Gasteiger partial charge is 0.162 e. The van der Waals surface area contributed by atoms with Crippen LogP contribution in [0.2, 0.25) is 5.02 Å². The van der Waals surface area contributed by atoms with Gasteiger partial charge < -0.3 is 14.6 Å². The van der Waals surface area contributed by atoms with Crippen LogP contribution >= 0.6 is 11.6 Å². The summed E-state index contributed by atoms with van der Waals surface area (Å²) in [6.07, 6.45) is 33.5. The molecule has 10 heterocycles. The Hall–Kier alpha value is -17.0. The molecule has 1 N–H and O–H groups in total. The molecule has 0 aliphatic rings. The number of nitrogens with zero attached hydrogens (tertiary/aromatic N) is 20. The van der Waals surface area contributed by atoms with Crippen LogP contribution in [0.25, 0.3) is 96.8 Å². The zero-order chi connectivity index (χ0) is 97.2. The van der Waals surface area contributed by atoms with Crippen molar-refractivity contribution in [2.45, 2.75) is 90.0 Å². The first-order valence-electron chi connectivity index (χ1n) is 43.9. The predicted octanol–water partition coefficient (Wildman–Crippen LogP) is 25.1. The Morgan fingerprint density at radius 3 is 1.12 bits per heavy atom. The molecule has 688 valence electrons. The van der Waals surface area contributed by atoms with Crippen molar-refractivity contribution >= 4 is 11.6 Å². The first kappa shape index (κ1) is 101. The van der Waals surface area contributed by atoms with E-state index in [9.17, 15) is 9.50 Å². The topological polar surface area (TPSA) is 273 Å². The van der Waals surface area contributed by atoms with Crippen LogP contribution in [0.5, 0.6) is 17.2 Å². The average Bonchev–Trinajstić information content (AvgIpc) is 1.61. The van der Waals surface area contributed by atoms with Crippen LogP contribution in [0.1, 0.15) is 72.5 Å². The maximum atomic E-state index is 13.0. The highest BCUT2D eigenvalue weighted by Crippen LogP contribution is 2.31. The van der Waals surface area contributed by atoms with Crippen molar-refractivity contribution in [3.05, 3.63) is 462 Å². The number of aryl methyl sites for hydroxylation is 13. The molecule has 0 saturated carbocycles. The van der Waals surface area contributed by atoms with Crippen molar-refractivity contribution in [1.29, 1.82) is 0 Å². The highest BCUT2D eigenvalue weighted by atomic mass is 35.5. The number of methoxy groups -OCH3 is 2. The summed E-state index contributed by atoms with van der Waals surface area (Å²) in [6, 6.07) is 83.7. The van der Waals surface area contributed by atoms with E-state index in [1.807, 2.05) is 202 Å². The first-order valence-corrected chi connectivity index (χ1v) is 44.2. The molecular formula is C112H108ClFN20O3. The number of hydrogen-bond donors (Lipinski definition) is 1. The van der Waals surface area contributed by atoms with Gasteiger partial charge in [0.1, 0.15) is 28.8 Å². The van der Waals surface area contributed by atoms with Gasteiger partial charge in [0, 0.05) is 151 Å². The minimum atomic E-state index is -0.204. The van der Waals surface area contributed by atoms with E-state index in [1.54, 1.807) is 167 Å². The van der Waals surface area contributed by atoms with Gasteiger partial charge in [-0.3, -0.25) is 0 Å². The molecule has 0 fully saturated rings. The number of rotatable bonds is 12. The number of halogens is 2. The van der Waals surface area contributed by atoms with Crippen LogP contribution in [-0.4, -0.2) is 118 Å². The first-order chi connectivity index (χ1) is 66.4. The molecule has 25 heteroatoms. The maximum Gasteiger partial charge on any atom is 0.162 e. The summed E-state index contributed by atoms with van der Waals surface area (Å²) in [6.45, 7) is 26.3. The second-order valence-corrected chi connectivity index (χ2v) is 31.7. The molecule has 0 saturated heterocycles. The van der Waals surface area contributed by atoms with Crippen LogP contribution in [0, 0.1) is 95.8 Å². The van der Waals surface area contributed by atoms with Gasteiger partial charge in [0.25, 0.3) is 0 Å². The van der Waals surface area contributed by atoms with Crippen LogP contribution in [0.3, 0.4) is 0 Å². The summed E-state index contributed by atoms with van der Waals surface area (Å²) in [5, 5.41) is 22.8. The van der Waals surface area contributed by atoms with Crippen LogP contribution in [0.15, 0.2) is 379 Å². The van der Waals surface area contributed by atoms with Crippen molar-refractivity contribution < 1.29 is 19.0 Å². The Morgan fingerprint density at radius 2 is 0.642 bits per heavy atom. The van der Waals surface area contributed by atoms with Gasteiger partial charge in [-0.1, -0.05) is 136 Å². The van der Waals surface area contributed by atoms with E-state index in [4.69, 9.17) is 21.1 Å². The number of phenols is 1. The molecule has 20 rings (SSSR count). The summed E-state index contributed by atoms with van der Waals surface area (Å²) >= 11 is 6.05. The lowest BCUT2D eigenvalue weighted by atomic mass is 10.1. The fourth-order valence-electron chi connectivity index (χ4n) is 13.1. The number of aromatic hydroxyl groups is 1. The summed E-state index contributed by atoms with van der Waals surface area (Å²) in [4.78, 5) is 58.5. The third kappa shape index (κ3) is 31.6. The molecule has 137 heavy (non-hydrogen) atoms.